The van der Waals surface area contributed by atoms with Crippen LogP contribution in [0.15, 0.2) is 18.3 Å². The Labute approximate surface area is 116 Å². The van der Waals surface area contributed by atoms with Gasteiger partial charge in [-0.25, -0.2) is 9.97 Å². The number of aromatic amines is 1. The molecular weight excluding hydrogens is 250 g/mol. The van der Waals surface area contributed by atoms with Crippen molar-refractivity contribution in [2.45, 2.75) is 58.2 Å². The Morgan fingerprint density at radius 2 is 1.58 bits per heavy atom. The van der Waals surface area contributed by atoms with Gasteiger partial charge in [0.1, 0.15) is 8.07 Å². The van der Waals surface area contributed by atoms with Crippen LogP contribution in [0.4, 0.5) is 0 Å². The zero-order chi connectivity index (χ0) is 14.2. The molecular formula is C15H25N3Si. The highest BCUT2D eigenvalue weighted by Crippen LogP contribution is 2.40. The number of rotatable bonds is 4. The molecule has 0 saturated carbocycles. The fourth-order valence-corrected chi connectivity index (χ4v) is 10.2. The van der Waals surface area contributed by atoms with Crippen molar-refractivity contribution in [1.82, 2.24) is 15.0 Å². The van der Waals surface area contributed by atoms with Gasteiger partial charge in [0.15, 0.2) is 5.65 Å². The van der Waals surface area contributed by atoms with E-state index in [0.29, 0.717) is 16.6 Å². The lowest BCUT2D eigenvalue weighted by atomic mass is 10.4. The number of hydrogen-bond acceptors (Lipinski definition) is 2. The number of fused-ring (bicyclic) bond motifs is 1. The third-order valence-electron chi connectivity index (χ3n) is 4.53. The van der Waals surface area contributed by atoms with Gasteiger partial charge in [-0.05, 0) is 28.8 Å². The largest absolute Gasteiger partial charge is 0.345 e. The van der Waals surface area contributed by atoms with Crippen LogP contribution in [0.2, 0.25) is 16.6 Å². The Bertz CT molecular complexity index is 502. The highest BCUT2D eigenvalue weighted by molar-refractivity contribution is 6.94. The Balaban J connectivity index is 2.66. The van der Waals surface area contributed by atoms with Gasteiger partial charge < -0.3 is 4.98 Å². The molecule has 0 fully saturated rings. The molecule has 0 bridgehead atoms. The molecule has 2 heterocycles. The standard InChI is InChI=1S/C15H25N3Si/c1-10(2)19(11(3)4,12(5)6)15-17-13-8-7-9-16-14(13)18-15/h7-12H,1-6H3,(H,16,17,18). The molecule has 0 radical (unpaired) electrons. The van der Waals surface area contributed by atoms with Crippen molar-refractivity contribution in [2.24, 2.45) is 0 Å². The van der Waals surface area contributed by atoms with Crippen LogP contribution >= 0.6 is 0 Å². The molecule has 0 aliphatic rings. The Morgan fingerprint density at radius 1 is 1.00 bits per heavy atom. The van der Waals surface area contributed by atoms with E-state index in [9.17, 15) is 0 Å². The number of hydrogen-bond donors (Lipinski definition) is 1. The summed E-state index contributed by atoms with van der Waals surface area (Å²) in [5.74, 6) is 0. The Hall–Kier alpha value is -1.16. The van der Waals surface area contributed by atoms with Crippen LogP contribution in [0.25, 0.3) is 11.2 Å². The van der Waals surface area contributed by atoms with E-state index in [1.807, 2.05) is 12.3 Å². The first-order chi connectivity index (χ1) is 8.90. The maximum Gasteiger partial charge on any atom is 0.177 e. The number of aromatic nitrogens is 3. The summed E-state index contributed by atoms with van der Waals surface area (Å²) in [5, 5.41) is 0. The van der Waals surface area contributed by atoms with Gasteiger partial charge in [-0.15, -0.1) is 0 Å². The van der Waals surface area contributed by atoms with Crippen LogP contribution in [0.5, 0.6) is 0 Å². The van der Waals surface area contributed by atoms with Gasteiger partial charge in [-0.3, -0.25) is 0 Å². The molecule has 0 aromatic carbocycles. The van der Waals surface area contributed by atoms with Crippen molar-refractivity contribution in [1.29, 1.82) is 0 Å². The van der Waals surface area contributed by atoms with Gasteiger partial charge in [0.25, 0.3) is 0 Å². The smallest absolute Gasteiger partial charge is 0.177 e. The summed E-state index contributed by atoms with van der Waals surface area (Å²) < 4.78 is 0. The molecule has 2 aromatic rings. The average molecular weight is 275 g/mol. The van der Waals surface area contributed by atoms with E-state index in [-0.39, 0.29) is 0 Å². The molecule has 19 heavy (non-hydrogen) atoms. The number of nitrogens with one attached hydrogen (secondary N) is 1. The highest BCUT2D eigenvalue weighted by Gasteiger charge is 2.47. The lowest BCUT2D eigenvalue weighted by molar-refractivity contribution is 0.828. The molecule has 2 aromatic heterocycles. The molecule has 1 N–H and O–H groups in total. The van der Waals surface area contributed by atoms with E-state index in [2.05, 4.69) is 57.6 Å². The SMILES string of the molecule is CC(C)[Si](c1nc2ncccc2[nH]1)(C(C)C)C(C)C. The Kier molecular flexibility index (Phi) is 3.81. The van der Waals surface area contributed by atoms with Crippen LogP contribution in [0, 0.1) is 0 Å². The normalized spacial score (nSPS) is 13.1. The van der Waals surface area contributed by atoms with Crippen molar-refractivity contribution in [3.8, 4) is 0 Å². The maximum atomic E-state index is 4.84. The van der Waals surface area contributed by atoms with Crippen LogP contribution in [-0.2, 0) is 0 Å². The molecule has 0 spiro atoms. The maximum absolute atomic E-state index is 4.84. The molecule has 3 nitrogen and oxygen atoms in total. The molecule has 0 aliphatic carbocycles. The van der Waals surface area contributed by atoms with Gasteiger partial charge in [-0.1, -0.05) is 41.5 Å². The predicted octanol–water partition coefficient (Wildman–Crippen LogP) is 3.84. The van der Waals surface area contributed by atoms with E-state index in [1.165, 1.54) is 5.45 Å². The summed E-state index contributed by atoms with van der Waals surface area (Å²) in [4.78, 5) is 12.8. The summed E-state index contributed by atoms with van der Waals surface area (Å²) in [7, 11) is -1.69. The first-order valence-corrected chi connectivity index (χ1v) is 9.45. The third-order valence-corrected chi connectivity index (χ3v) is 11.3. The summed E-state index contributed by atoms with van der Waals surface area (Å²) >= 11 is 0. The van der Waals surface area contributed by atoms with E-state index in [0.717, 1.165) is 11.2 Å². The van der Waals surface area contributed by atoms with Crippen molar-refractivity contribution in [3.63, 3.8) is 0 Å². The second-order valence-electron chi connectivity index (χ2n) is 6.36. The van der Waals surface area contributed by atoms with Gasteiger partial charge in [0.05, 0.1) is 11.0 Å². The Morgan fingerprint density at radius 3 is 2.05 bits per heavy atom. The molecule has 4 heteroatoms. The van der Waals surface area contributed by atoms with Gasteiger partial charge in [0.2, 0.25) is 0 Å². The van der Waals surface area contributed by atoms with Crippen LogP contribution in [0.3, 0.4) is 0 Å². The van der Waals surface area contributed by atoms with Gasteiger partial charge in [0, 0.05) is 6.20 Å². The summed E-state index contributed by atoms with van der Waals surface area (Å²) in [6.07, 6.45) is 1.82. The number of pyridine rings is 1. The van der Waals surface area contributed by atoms with E-state index >= 15 is 0 Å². The summed E-state index contributed by atoms with van der Waals surface area (Å²) in [6, 6.07) is 4.03. The molecule has 104 valence electrons. The van der Waals surface area contributed by atoms with Crippen LogP contribution in [-0.4, -0.2) is 23.0 Å². The van der Waals surface area contributed by atoms with Gasteiger partial charge >= 0.3 is 0 Å². The van der Waals surface area contributed by atoms with E-state index in [4.69, 9.17) is 4.98 Å². The monoisotopic (exact) mass is 275 g/mol. The zero-order valence-electron chi connectivity index (χ0n) is 12.9. The topological polar surface area (TPSA) is 41.6 Å². The lowest BCUT2D eigenvalue weighted by Crippen LogP contribution is -2.57. The van der Waals surface area contributed by atoms with Gasteiger partial charge in [-0.2, -0.15) is 0 Å². The summed E-state index contributed by atoms with van der Waals surface area (Å²) in [5.41, 5.74) is 5.13. The molecule has 0 saturated heterocycles. The third kappa shape index (κ3) is 2.12. The first kappa shape index (κ1) is 14.3. The second-order valence-corrected chi connectivity index (χ2v) is 12.2. The van der Waals surface area contributed by atoms with Crippen molar-refractivity contribution < 1.29 is 0 Å². The fraction of sp³-hybridized carbons (Fsp3) is 0.600. The predicted molar refractivity (Wildman–Crippen MR) is 84.6 cm³/mol. The molecule has 0 unspecified atom stereocenters. The first-order valence-electron chi connectivity index (χ1n) is 7.21. The van der Waals surface area contributed by atoms with Crippen LogP contribution in [0.1, 0.15) is 41.5 Å². The number of nitrogens with zero attached hydrogens (tertiary/aromatic N) is 2. The number of imidazole rings is 1. The molecule has 2 rings (SSSR count). The number of H-pyrrole nitrogens is 1. The minimum Gasteiger partial charge on any atom is -0.345 e. The quantitative estimate of drug-likeness (QED) is 0.861. The zero-order valence-corrected chi connectivity index (χ0v) is 13.9. The highest BCUT2D eigenvalue weighted by atomic mass is 28.3. The minimum atomic E-state index is -1.69. The van der Waals surface area contributed by atoms with E-state index < -0.39 is 8.07 Å². The molecule has 0 atom stereocenters. The lowest BCUT2D eigenvalue weighted by Gasteiger charge is -2.41. The fourth-order valence-electron chi connectivity index (χ4n) is 3.87. The van der Waals surface area contributed by atoms with Crippen molar-refractivity contribution >= 4 is 24.7 Å². The van der Waals surface area contributed by atoms with Crippen molar-refractivity contribution in [2.75, 3.05) is 0 Å². The van der Waals surface area contributed by atoms with E-state index in [1.54, 1.807) is 0 Å². The molecule has 0 aliphatic heterocycles. The minimum absolute atomic E-state index is 0.660. The molecule has 0 amide bonds. The average Bonchev–Trinajstić information content (AvgIpc) is 2.71. The second kappa shape index (κ2) is 5.08. The van der Waals surface area contributed by atoms with Crippen molar-refractivity contribution in [3.05, 3.63) is 18.3 Å². The van der Waals surface area contributed by atoms with Crippen LogP contribution < -0.4 is 5.45 Å². The summed E-state index contributed by atoms with van der Waals surface area (Å²) in [6.45, 7) is 14.1.